The molecule has 0 atom stereocenters. The zero-order chi connectivity index (χ0) is 13.7. The molecular formula is C15H19NO3. The van der Waals surface area contributed by atoms with Gasteiger partial charge in [0.1, 0.15) is 0 Å². The number of hydrogen-bond donors (Lipinski definition) is 1. The number of ether oxygens (including phenoxy) is 1. The lowest BCUT2D eigenvalue weighted by Crippen LogP contribution is -2.35. The van der Waals surface area contributed by atoms with Gasteiger partial charge in [-0.2, -0.15) is 0 Å². The summed E-state index contributed by atoms with van der Waals surface area (Å²) in [5, 5.41) is 2.88. The van der Waals surface area contributed by atoms with Crippen molar-refractivity contribution in [3.63, 3.8) is 0 Å². The molecule has 0 aromatic heterocycles. The monoisotopic (exact) mass is 261 g/mol. The molecule has 1 saturated carbocycles. The van der Waals surface area contributed by atoms with E-state index in [-0.39, 0.29) is 18.6 Å². The normalized spacial score (nSPS) is 15.2. The lowest BCUT2D eigenvalue weighted by molar-refractivity contribution is -0.124. The topological polar surface area (TPSA) is 55.4 Å². The minimum Gasteiger partial charge on any atom is -0.452 e. The average Bonchev–Trinajstić information content (AvgIpc) is 2.88. The Morgan fingerprint density at radius 3 is 2.74 bits per heavy atom. The Hall–Kier alpha value is -1.84. The van der Waals surface area contributed by atoms with Gasteiger partial charge in [-0.05, 0) is 31.9 Å². The number of carbonyl (C=O) groups is 2. The Morgan fingerprint density at radius 2 is 2.05 bits per heavy atom. The first-order valence-corrected chi connectivity index (χ1v) is 6.68. The molecule has 4 nitrogen and oxygen atoms in total. The van der Waals surface area contributed by atoms with Gasteiger partial charge in [-0.1, -0.05) is 30.5 Å². The van der Waals surface area contributed by atoms with E-state index in [9.17, 15) is 9.59 Å². The molecule has 1 aromatic rings. The maximum Gasteiger partial charge on any atom is 0.338 e. The van der Waals surface area contributed by atoms with Gasteiger partial charge >= 0.3 is 5.97 Å². The highest BCUT2D eigenvalue weighted by atomic mass is 16.5. The maximum absolute atomic E-state index is 11.7. The predicted octanol–water partition coefficient (Wildman–Crippen LogP) is 2.21. The highest BCUT2D eigenvalue weighted by Gasteiger charge is 2.18. The SMILES string of the molecule is Cc1cccc(C(=O)OCC(=O)NC2CCCC2)c1. The molecule has 1 aliphatic rings. The van der Waals surface area contributed by atoms with Crippen LogP contribution in [0.3, 0.4) is 0 Å². The molecule has 102 valence electrons. The van der Waals surface area contributed by atoms with Crippen molar-refractivity contribution < 1.29 is 14.3 Å². The van der Waals surface area contributed by atoms with Gasteiger partial charge in [0.15, 0.2) is 6.61 Å². The van der Waals surface area contributed by atoms with Crippen LogP contribution in [0.5, 0.6) is 0 Å². The fourth-order valence-electron chi connectivity index (χ4n) is 2.33. The van der Waals surface area contributed by atoms with Crippen molar-refractivity contribution in [1.82, 2.24) is 5.32 Å². The Bertz CT molecular complexity index is 464. The molecule has 0 unspecified atom stereocenters. The second-order valence-corrected chi connectivity index (χ2v) is 4.99. The van der Waals surface area contributed by atoms with E-state index in [1.165, 1.54) is 0 Å². The van der Waals surface area contributed by atoms with Crippen LogP contribution in [0.2, 0.25) is 0 Å². The van der Waals surface area contributed by atoms with Gasteiger partial charge in [0, 0.05) is 6.04 Å². The maximum atomic E-state index is 11.7. The van der Waals surface area contributed by atoms with Crippen LogP contribution in [0.25, 0.3) is 0 Å². The first kappa shape index (κ1) is 13.6. The predicted molar refractivity (Wildman–Crippen MR) is 71.9 cm³/mol. The molecule has 1 aromatic carbocycles. The van der Waals surface area contributed by atoms with Crippen LogP contribution < -0.4 is 5.32 Å². The Kier molecular flexibility index (Phi) is 4.55. The Labute approximate surface area is 113 Å². The molecule has 0 spiro atoms. The first-order valence-electron chi connectivity index (χ1n) is 6.68. The lowest BCUT2D eigenvalue weighted by atomic mass is 10.1. The summed E-state index contributed by atoms with van der Waals surface area (Å²) in [5.74, 6) is -0.668. The largest absolute Gasteiger partial charge is 0.452 e. The molecule has 0 saturated heterocycles. The van der Waals surface area contributed by atoms with E-state index in [2.05, 4.69) is 5.32 Å². The number of esters is 1. The summed E-state index contributed by atoms with van der Waals surface area (Å²) in [5.41, 5.74) is 1.47. The van der Waals surface area contributed by atoms with Crippen molar-refractivity contribution in [2.24, 2.45) is 0 Å². The van der Waals surface area contributed by atoms with Crippen LogP contribution in [0.1, 0.15) is 41.6 Å². The fourth-order valence-corrected chi connectivity index (χ4v) is 2.33. The summed E-state index contributed by atoms with van der Waals surface area (Å²) in [4.78, 5) is 23.3. The molecule has 1 N–H and O–H groups in total. The molecule has 1 amide bonds. The van der Waals surface area contributed by atoms with E-state index in [0.717, 1.165) is 31.2 Å². The summed E-state index contributed by atoms with van der Waals surface area (Å²) in [6.45, 7) is 1.70. The molecule has 4 heteroatoms. The third-order valence-corrected chi connectivity index (χ3v) is 3.31. The number of amides is 1. The van der Waals surface area contributed by atoms with Crippen LogP contribution in [-0.2, 0) is 9.53 Å². The summed E-state index contributed by atoms with van der Waals surface area (Å²) >= 11 is 0. The van der Waals surface area contributed by atoms with Gasteiger partial charge in [-0.3, -0.25) is 4.79 Å². The van der Waals surface area contributed by atoms with Crippen LogP contribution in [0.4, 0.5) is 0 Å². The second kappa shape index (κ2) is 6.36. The van der Waals surface area contributed by atoms with Crippen LogP contribution >= 0.6 is 0 Å². The van der Waals surface area contributed by atoms with Crippen molar-refractivity contribution in [3.8, 4) is 0 Å². The van der Waals surface area contributed by atoms with Crippen molar-refractivity contribution >= 4 is 11.9 Å². The number of aryl methyl sites for hydroxylation is 1. The third kappa shape index (κ3) is 4.09. The van der Waals surface area contributed by atoms with Crippen molar-refractivity contribution in [3.05, 3.63) is 35.4 Å². The van der Waals surface area contributed by atoms with E-state index >= 15 is 0 Å². The van der Waals surface area contributed by atoms with E-state index < -0.39 is 5.97 Å². The Morgan fingerprint density at radius 1 is 1.32 bits per heavy atom. The molecule has 0 bridgehead atoms. The number of nitrogens with one attached hydrogen (secondary N) is 1. The average molecular weight is 261 g/mol. The summed E-state index contributed by atoms with van der Waals surface area (Å²) < 4.78 is 5.00. The summed E-state index contributed by atoms with van der Waals surface area (Å²) in [6.07, 6.45) is 4.37. The molecule has 19 heavy (non-hydrogen) atoms. The lowest BCUT2D eigenvalue weighted by Gasteiger charge is -2.12. The molecule has 0 radical (unpaired) electrons. The minimum atomic E-state index is -0.453. The molecule has 0 aliphatic heterocycles. The van der Waals surface area contributed by atoms with Crippen LogP contribution in [-0.4, -0.2) is 24.5 Å². The fraction of sp³-hybridized carbons (Fsp3) is 0.467. The number of carbonyl (C=O) groups excluding carboxylic acids is 2. The van der Waals surface area contributed by atoms with E-state index in [1.54, 1.807) is 18.2 Å². The van der Waals surface area contributed by atoms with Gasteiger partial charge in [0.25, 0.3) is 5.91 Å². The molecule has 1 fully saturated rings. The summed E-state index contributed by atoms with van der Waals surface area (Å²) in [7, 11) is 0. The second-order valence-electron chi connectivity index (χ2n) is 4.99. The van der Waals surface area contributed by atoms with E-state index in [4.69, 9.17) is 4.74 Å². The zero-order valence-corrected chi connectivity index (χ0v) is 11.1. The van der Waals surface area contributed by atoms with Crippen molar-refractivity contribution in [2.75, 3.05) is 6.61 Å². The standard InChI is InChI=1S/C15H19NO3/c1-11-5-4-6-12(9-11)15(18)19-10-14(17)16-13-7-2-3-8-13/h4-6,9,13H,2-3,7-8,10H2,1H3,(H,16,17). The first-order chi connectivity index (χ1) is 9.15. The molecular weight excluding hydrogens is 242 g/mol. The number of hydrogen-bond acceptors (Lipinski definition) is 3. The van der Waals surface area contributed by atoms with E-state index in [0.29, 0.717) is 5.56 Å². The molecule has 2 rings (SSSR count). The summed E-state index contributed by atoms with van der Waals surface area (Å²) in [6, 6.07) is 7.39. The molecule has 1 aliphatic carbocycles. The van der Waals surface area contributed by atoms with Gasteiger partial charge < -0.3 is 10.1 Å². The van der Waals surface area contributed by atoms with Gasteiger partial charge in [0.05, 0.1) is 5.56 Å². The smallest absolute Gasteiger partial charge is 0.338 e. The van der Waals surface area contributed by atoms with Crippen LogP contribution in [0.15, 0.2) is 24.3 Å². The number of benzene rings is 1. The van der Waals surface area contributed by atoms with Gasteiger partial charge in [0.2, 0.25) is 0 Å². The van der Waals surface area contributed by atoms with Gasteiger partial charge in [-0.25, -0.2) is 4.79 Å². The zero-order valence-electron chi connectivity index (χ0n) is 11.1. The number of rotatable bonds is 4. The molecule has 0 heterocycles. The highest BCUT2D eigenvalue weighted by molar-refractivity contribution is 5.91. The highest BCUT2D eigenvalue weighted by Crippen LogP contribution is 2.17. The van der Waals surface area contributed by atoms with Gasteiger partial charge in [-0.15, -0.1) is 0 Å². The quantitative estimate of drug-likeness (QED) is 0.845. The van der Waals surface area contributed by atoms with Crippen molar-refractivity contribution in [1.29, 1.82) is 0 Å². The van der Waals surface area contributed by atoms with Crippen LogP contribution in [0, 0.1) is 6.92 Å². The minimum absolute atomic E-state index is 0.205. The van der Waals surface area contributed by atoms with Crippen molar-refractivity contribution in [2.45, 2.75) is 38.6 Å². The Balaban J connectivity index is 1.78. The van der Waals surface area contributed by atoms with E-state index in [1.807, 2.05) is 13.0 Å². The third-order valence-electron chi connectivity index (χ3n) is 3.31.